The van der Waals surface area contributed by atoms with Crippen LogP contribution in [0.3, 0.4) is 0 Å². The van der Waals surface area contributed by atoms with Gasteiger partial charge in [-0.25, -0.2) is 9.97 Å². The molecule has 34 heavy (non-hydrogen) atoms. The fourth-order valence-electron chi connectivity index (χ4n) is 5.06. The summed E-state index contributed by atoms with van der Waals surface area (Å²) in [5.74, 6) is 1.24. The number of para-hydroxylation sites is 1. The van der Waals surface area contributed by atoms with Gasteiger partial charge in [-0.1, -0.05) is 18.2 Å². The van der Waals surface area contributed by atoms with Crippen LogP contribution in [-0.4, -0.2) is 86.4 Å². The molecule has 5 rings (SSSR count). The highest BCUT2D eigenvalue weighted by Crippen LogP contribution is 2.29. The number of benzene rings is 1. The zero-order valence-electron chi connectivity index (χ0n) is 20.1. The van der Waals surface area contributed by atoms with Gasteiger partial charge >= 0.3 is 0 Å². The number of aromatic nitrogens is 2. The van der Waals surface area contributed by atoms with Crippen LogP contribution in [-0.2, 0) is 10.8 Å². The number of nitrogens with two attached hydrogens (primary N) is 1. The number of fused-ring (bicyclic) bond motifs is 1. The Bertz CT molecular complexity index is 1120. The summed E-state index contributed by atoms with van der Waals surface area (Å²) in [7, 11) is 1.06. The fourth-order valence-corrected chi connectivity index (χ4v) is 6.69. The van der Waals surface area contributed by atoms with Crippen LogP contribution in [0.1, 0.15) is 32.6 Å². The normalized spacial score (nSPS) is 29.7. The maximum atomic E-state index is 13.4. The van der Waals surface area contributed by atoms with Gasteiger partial charge in [-0.2, -0.15) is 0 Å². The number of dihydropyridines is 1. The number of aliphatic imine (C=N–C) groups is 1. The number of hydrogen-bond acceptors (Lipinski definition) is 8. The van der Waals surface area contributed by atoms with Gasteiger partial charge in [0.1, 0.15) is 5.84 Å². The maximum Gasteiger partial charge on any atom is 0.228 e. The Labute approximate surface area is 204 Å². The molecule has 0 spiro atoms. The van der Waals surface area contributed by atoms with Crippen LogP contribution in [0.5, 0.6) is 0 Å². The van der Waals surface area contributed by atoms with Crippen molar-refractivity contribution in [3.05, 3.63) is 36.5 Å². The third-order valence-corrected chi connectivity index (χ3v) is 9.29. The summed E-state index contributed by atoms with van der Waals surface area (Å²) in [5.41, 5.74) is 6.73. The summed E-state index contributed by atoms with van der Waals surface area (Å²) in [4.78, 5) is 19.7. The predicted molar refractivity (Wildman–Crippen MR) is 139 cm³/mol. The fraction of sp³-hybridized carbons (Fsp3) is 0.560. The average molecular weight is 482 g/mol. The van der Waals surface area contributed by atoms with Crippen LogP contribution in [0.4, 0.5) is 5.95 Å². The van der Waals surface area contributed by atoms with E-state index >= 15 is 0 Å². The molecule has 1 aromatic heterocycles. The Balaban J connectivity index is 1.31. The first-order valence-electron chi connectivity index (χ1n) is 12.3. The summed E-state index contributed by atoms with van der Waals surface area (Å²) >= 11 is 0. The van der Waals surface area contributed by atoms with E-state index in [4.69, 9.17) is 15.7 Å². The lowest BCUT2D eigenvalue weighted by molar-refractivity contribution is 0.0836. The number of nitrogens with one attached hydrogen (secondary N) is 1. The second-order valence-corrected chi connectivity index (χ2v) is 11.7. The Morgan fingerprint density at radius 2 is 1.91 bits per heavy atom. The SMILES string of the molecule is CN1CCN(C2(C)C=CC(Nc3ncc4cccc(S(=O)C5CCC(N)CC5)c4n3)=NC2)CC1. The average Bonchev–Trinajstić information content (AvgIpc) is 2.85. The van der Waals surface area contributed by atoms with E-state index in [0.717, 1.165) is 73.5 Å². The molecule has 3 N–H and O–H groups in total. The Morgan fingerprint density at radius 3 is 2.62 bits per heavy atom. The number of hydrogen-bond donors (Lipinski definition) is 2. The largest absolute Gasteiger partial charge is 0.328 e. The van der Waals surface area contributed by atoms with Crippen molar-refractivity contribution in [2.75, 3.05) is 45.1 Å². The van der Waals surface area contributed by atoms with Crippen molar-refractivity contribution in [2.24, 2.45) is 10.7 Å². The zero-order chi connectivity index (χ0) is 23.7. The van der Waals surface area contributed by atoms with Crippen molar-refractivity contribution < 1.29 is 4.21 Å². The van der Waals surface area contributed by atoms with Crippen molar-refractivity contribution in [1.29, 1.82) is 0 Å². The number of nitrogens with zero attached hydrogens (tertiary/aromatic N) is 5. The van der Waals surface area contributed by atoms with E-state index < -0.39 is 10.8 Å². The van der Waals surface area contributed by atoms with E-state index in [1.807, 2.05) is 24.3 Å². The minimum atomic E-state index is -1.12. The molecule has 3 heterocycles. The van der Waals surface area contributed by atoms with Crippen LogP contribution in [0.15, 0.2) is 46.4 Å². The molecule has 182 valence electrons. The van der Waals surface area contributed by atoms with Crippen molar-refractivity contribution in [2.45, 2.75) is 54.3 Å². The maximum absolute atomic E-state index is 13.4. The lowest BCUT2D eigenvalue weighted by atomic mass is 9.96. The number of piperazine rings is 1. The molecule has 2 atom stereocenters. The number of rotatable bonds is 4. The summed E-state index contributed by atoms with van der Waals surface area (Å²) in [5, 5.41) is 4.30. The molecule has 0 radical (unpaired) electrons. The molecule has 1 aromatic carbocycles. The third kappa shape index (κ3) is 4.93. The minimum Gasteiger partial charge on any atom is -0.328 e. The molecule has 2 fully saturated rings. The third-order valence-electron chi connectivity index (χ3n) is 7.45. The molecule has 2 aromatic rings. The number of amidine groups is 1. The first-order chi connectivity index (χ1) is 16.4. The quantitative estimate of drug-likeness (QED) is 0.692. The monoisotopic (exact) mass is 481 g/mol. The van der Waals surface area contributed by atoms with E-state index in [9.17, 15) is 4.21 Å². The summed E-state index contributed by atoms with van der Waals surface area (Å²) in [6.45, 7) is 7.22. The molecule has 2 unspecified atom stereocenters. The molecular weight excluding hydrogens is 446 g/mol. The molecule has 1 saturated carbocycles. The molecule has 3 aliphatic rings. The second-order valence-electron chi connectivity index (χ2n) is 10.0. The Hall–Kier alpha value is -2.20. The highest BCUT2D eigenvalue weighted by atomic mass is 32.2. The number of likely N-dealkylation sites (N-methyl/N-ethyl adjacent to an activating group) is 1. The summed E-state index contributed by atoms with van der Waals surface area (Å²) < 4.78 is 13.4. The minimum absolute atomic E-state index is 0.0662. The van der Waals surface area contributed by atoms with Crippen molar-refractivity contribution in [1.82, 2.24) is 19.8 Å². The summed E-state index contributed by atoms with van der Waals surface area (Å²) in [6.07, 6.45) is 9.73. The van der Waals surface area contributed by atoms with Crippen molar-refractivity contribution >= 4 is 33.5 Å². The van der Waals surface area contributed by atoms with Gasteiger partial charge in [0.2, 0.25) is 5.95 Å². The van der Waals surface area contributed by atoms with Gasteiger partial charge in [-0.3, -0.25) is 14.1 Å². The first kappa shape index (κ1) is 23.5. The van der Waals surface area contributed by atoms with Gasteiger partial charge < -0.3 is 16.0 Å². The molecule has 8 nitrogen and oxygen atoms in total. The van der Waals surface area contributed by atoms with Gasteiger partial charge in [0.15, 0.2) is 0 Å². The van der Waals surface area contributed by atoms with E-state index in [0.29, 0.717) is 12.5 Å². The molecule has 1 aliphatic carbocycles. The highest BCUT2D eigenvalue weighted by molar-refractivity contribution is 7.86. The van der Waals surface area contributed by atoms with Gasteiger partial charge in [0.05, 0.1) is 33.3 Å². The molecule has 2 aliphatic heterocycles. The van der Waals surface area contributed by atoms with E-state index in [1.54, 1.807) is 6.20 Å². The van der Waals surface area contributed by atoms with Crippen LogP contribution in [0, 0.1) is 0 Å². The van der Waals surface area contributed by atoms with Gasteiger partial charge in [-0.05, 0) is 51.8 Å². The standard InChI is InChI=1S/C25H35N7OS/c1-25(32-14-12-31(2)13-15-32)11-10-22(28-17-25)29-24-27-16-18-4-3-5-21(23(18)30-24)34(33)20-8-6-19(26)7-9-20/h3-5,10-11,16,19-20H,6-9,12-15,17,26H2,1-2H3,(H,27,28,29,30). The number of anilines is 1. The first-order valence-corrected chi connectivity index (χ1v) is 13.5. The van der Waals surface area contributed by atoms with Crippen LogP contribution in [0.2, 0.25) is 0 Å². The van der Waals surface area contributed by atoms with E-state index in [1.165, 1.54) is 0 Å². The molecule has 0 bridgehead atoms. The highest BCUT2D eigenvalue weighted by Gasteiger charge is 2.33. The second kappa shape index (κ2) is 9.81. The molecule has 9 heteroatoms. The topological polar surface area (TPSA) is 99.7 Å². The smallest absolute Gasteiger partial charge is 0.228 e. The van der Waals surface area contributed by atoms with Crippen molar-refractivity contribution in [3.8, 4) is 0 Å². The Kier molecular flexibility index (Phi) is 6.79. The van der Waals surface area contributed by atoms with Gasteiger partial charge in [0, 0.05) is 49.1 Å². The summed E-state index contributed by atoms with van der Waals surface area (Å²) in [6, 6.07) is 6.08. The predicted octanol–water partition coefficient (Wildman–Crippen LogP) is 2.39. The Morgan fingerprint density at radius 1 is 1.15 bits per heavy atom. The van der Waals surface area contributed by atoms with Crippen molar-refractivity contribution in [3.63, 3.8) is 0 Å². The lowest BCUT2D eigenvalue weighted by Gasteiger charge is -2.44. The van der Waals surface area contributed by atoms with Gasteiger partial charge in [-0.15, -0.1) is 0 Å². The van der Waals surface area contributed by atoms with Gasteiger partial charge in [0.25, 0.3) is 0 Å². The molecule has 1 saturated heterocycles. The molecule has 0 amide bonds. The lowest BCUT2D eigenvalue weighted by Crippen LogP contribution is -2.56. The molecular formula is C25H35N7OS. The van der Waals surface area contributed by atoms with Crippen LogP contribution in [0.25, 0.3) is 10.9 Å². The van der Waals surface area contributed by atoms with E-state index in [-0.39, 0.29) is 16.8 Å². The van der Waals surface area contributed by atoms with Crippen LogP contribution < -0.4 is 11.1 Å². The van der Waals surface area contributed by atoms with E-state index in [2.05, 4.69) is 40.1 Å². The zero-order valence-corrected chi connectivity index (χ0v) is 20.9. The van der Waals surface area contributed by atoms with Crippen LogP contribution >= 0.6 is 0 Å².